The van der Waals surface area contributed by atoms with E-state index in [9.17, 15) is 0 Å². The molecular weight excluding hydrogens is 236 g/mol. The van der Waals surface area contributed by atoms with E-state index in [1.54, 1.807) is 0 Å². The molecule has 0 aliphatic carbocycles. The van der Waals surface area contributed by atoms with E-state index in [4.69, 9.17) is 0 Å². The lowest BCUT2D eigenvalue weighted by Gasteiger charge is -2.59. The van der Waals surface area contributed by atoms with Gasteiger partial charge in [-0.2, -0.15) is 10.2 Å². The molecule has 2 bridgehead atoms. The summed E-state index contributed by atoms with van der Waals surface area (Å²) in [5, 5.41) is 8.44. The minimum absolute atomic E-state index is 0.298. The molecule has 1 aromatic rings. The van der Waals surface area contributed by atoms with E-state index in [1.807, 2.05) is 6.92 Å². The topological polar surface area (TPSA) is 32.3 Å². The van der Waals surface area contributed by atoms with Crippen molar-refractivity contribution in [3.8, 4) is 0 Å². The van der Waals surface area contributed by atoms with Gasteiger partial charge in [0.05, 0.1) is 11.4 Å². The summed E-state index contributed by atoms with van der Waals surface area (Å²) in [7, 11) is 0. The van der Waals surface area contributed by atoms with Crippen LogP contribution in [-0.4, -0.2) is 50.7 Å². The van der Waals surface area contributed by atoms with Gasteiger partial charge in [-0.1, -0.05) is 0 Å². The lowest BCUT2D eigenvalue weighted by Crippen LogP contribution is -2.70. The molecule has 0 saturated carbocycles. The first-order valence-corrected chi connectivity index (χ1v) is 7.23. The number of fused-ring (bicyclic) bond motifs is 2. The highest BCUT2D eigenvalue weighted by Gasteiger charge is 2.46. The fraction of sp³-hybridized carbons (Fsp3) is 0.733. The first-order chi connectivity index (χ1) is 8.93. The lowest BCUT2D eigenvalue weighted by atomic mass is 9.84. The number of hydrogen-bond donors (Lipinski definition) is 0. The second-order valence-corrected chi connectivity index (χ2v) is 6.96. The standard InChI is InChI=1S/C15H24N4/c1-11-5-6-12(17-16-11)8-19-13-7-14(19)10-18(9-13)15(2,3)4/h5-6,13-14H,7-10H2,1-4H3. The summed E-state index contributed by atoms with van der Waals surface area (Å²) in [5.41, 5.74) is 2.39. The number of hydrogen-bond acceptors (Lipinski definition) is 4. The molecule has 0 spiro atoms. The fourth-order valence-corrected chi connectivity index (χ4v) is 3.19. The number of piperidine rings is 1. The molecule has 0 aromatic carbocycles. The zero-order valence-corrected chi connectivity index (χ0v) is 12.4. The average Bonchev–Trinajstić information content (AvgIpc) is 2.37. The van der Waals surface area contributed by atoms with Crippen molar-refractivity contribution in [2.45, 2.75) is 58.3 Å². The van der Waals surface area contributed by atoms with Crippen molar-refractivity contribution >= 4 is 0 Å². The zero-order chi connectivity index (χ0) is 13.6. The first-order valence-electron chi connectivity index (χ1n) is 7.23. The van der Waals surface area contributed by atoms with Crippen LogP contribution in [0.2, 0.25) is 0 Å². The predicted molar refractivity (Wildman–Crippen MR) is 75.8 cm³/mol. The maximum Gasteiger partial charge on any atom is 0.0771 e. The molecule has 2 unspecified atom stereocenters. The normalized spacial score (nSPS) is 28.2. The molecule has 2 saturated heterocycles. The Bertz CT molecular complexity index is 436. The van der Waals surface area contributed by atoms with Crippen LogP contribution in [0.25, 0.3) is 0 Å². The maximum absolute atomic E-state index is 4.29. The van der Waals surface area contributed by atoms with Gasteiger partial charge in [0, 0.05) is 37.3 Å². The van der Waals surface area contributed by atoms with E-state index in [0.717, 1.165) is 17.9 Å². The number of aryl methyl sites for hydroxylation is 1. The fourth-order valence-electron chi connectivity index (χ4n) is 3.19. The third-order valence-corrected chi connectivity index (χ3v) is 4.49. The van der Waals surface area contributed by atoms with Crippen molar-refractivity contribution in [1.82, 2.24) is 20.0 Å². The van der Waals surface area contributed by atoms with Gasteiger partial charge in [-0.3, -0.25) is 9.80 Å². The highest BCUT2D eigenvalue weighted by molar-refractivity contribution is 5.09. The molecule has 104 valence electrons. The smallest absolute Gasteiger partial charge is 0.0771 e. The van der Waals surface area contributed by atoms with Crippen molar-refractivity contribution < 1.29 is 0 Å². The van der Waals surface area contributed by atoms with Crippen molar-refractivity contribution in [1.29, 1.82) is 0 Å². The van der Waals surface area contributed by atoms with Crippen LogP contribution in [0.15, 0.2) is 12.1 Å². The van der Waals surface area contributed by atoms with Crippen LogP contribution in [0.3, 0.4) is 0 Å². The molecule has 2 aliphatic heterocycles. The molecule has 1 aromatic heterocycles. The molecule has 3 heterocycles. The summed E-state index contributed by atoms with van der Waals surface area (Å²) in [5.74, 6) is 0. The van der Waals surface area contributed by atoms with Crippen molar-refractivity contribution in [2.75, 3.05) is 13.1 Å². The third kappa shape index (κ3) is 2.51. The van der Waals surface area contributed by atoms with Crippen molar-refractivity contribution in [3.63, 3.8) is 0 Å². The molecule has 4 nitrogen and oxygen atoms in total. The highest BCUT2D eigenvalue weighted by Crippen LogP contribution is 2.36. The van der Waals surface area contributed by atoms with Crippen LogP contribution in [0.1, 0.15) is 38.6 Å². The van der Waals surface area contributed by atoms with E-state index >= 15 is 0 Å². The average molecular weight is 260 g/mol. The molecular formula is C15H24N4. The Morgan fingerprint density at radius 2 is 1.84 bits per heavy atom. The second kappa shape index (κ2) is 4.53. The largest absolute Gasteiger partial charge is 0.295 e. The van der Waals surface area contributed by atoms with Gasteiger partial charge < -0.3 is 0 Å². The minimum atomic E-state index is 0.298. The molecule has 4 heteroatoms. The molecule has 0 radical (unpaired) electrons. The molecule has 0 amide bonds. The summed E-state index contributed by atoms with van der Waals surface area (Å²) < 4.78 is 0. The van der Waals surface area contributed by atoms with Crippen LogP contribution in [0.5, 0.6) is 0 Å². The van der Waals surface area contributed by atoms with E-state index in [-0.39, 0.29) is 0 Å². The number of aromatic nitrogens is 2. The first kappa shape index (κ1) is 13.0. The number of rotatable bonds is 2. The van der Waals surface area contributed by atoms with Crippen molar-refractivity contribution in [2.24, 2.45) is 0 Å². The van der Waals surface area contributed by atoms with Crippen LogP contribution < -0.4 is 0 Å². The number of nitrogens with zero attached hydrogens (tertiary/aromatic N) is 4. The van der Waals surface area contributed by atoms with Gasteiger partial charge in [0.25, 0.3) is 0 Å². The van der Waals surface area contributed by atoms with E-state index in [1.165, 1.54) is 19.5 Å². The molecule has 19 heavy (non-hydrogen) atoms. The summed E-state index contributed by atoms with van der Waals surface area (Å²) in [6, 6.07) is 5.58. The molecule has 2 fully saturated rings. The van der Waals surface area contributed by atoms with Gasteiger partial charge in [0.15, 0.2) is 0 Å². The van der Waals surface area contributed by atoms with Gasteiger partial charge >= 0.3 is 0 Å². The van der Waals surface area contributed by atoms with E-state index < -0.39 is 0 Å². The molecule has 3 rings (SSSR count). The lowest BCUT2D eigenvalue weighted by molar-refractivity contribution is -0.100. The number of likely N-dealkylation sites (tertiary alicyclic amines) is 2. The summed E-state index contributed by atoms with van der Waals surface area (Å²) in [6.07, 6.45) is 1.35. The third-order valence-electron chi connectivity index (χ3n) is 4.49. The second-order valence-electron chi connectivity index (χ2n) is 6.96. The van der Waals surface area contributed by atoms with Gasteiger partial charge in [0.1, 0.15) is 0 Å². The van der Waals surface area contributed by atoms with Crippen LogP contribution in [0, 0.1) is 6.92 Å². The predicted octanol–water partition coefficient (Wildman–Crippen LogP) is 1.84. The van der Waals surface area contributed by atoms with E-state index in [0.29, 0.717) is 17.6 Å². The van der Waals surface area contributed by atoms with E-state index in [2.05, 4.69) is 52.9 Å². The maximum atomic E-state index is 4.29. The monoisotopic (exact) mass is 260 g/mol. The number of piperazine rings is 1. The van der Waals surface area contributed by atoms with Gasteiger partial charge in [-0.15, -0.1) is 0 Å². The zero-order valence-electron chi connectivity index (χ0n) is 12.4. The Morgan fingerprint density at radius 3 is 2.37 bits per heavy atom. The molecule has 0 N–H and O–H groups in total. The Morgan fingerprint density at radius 1 is 1.16 bits per heavy atom. The summed E-state index contributed by atoms with van der Waals surface area (Å²) in [4.78, 5) is 5.21. The SMILES string of the molecule is Cc1ccc(CN2C3CC2CN(C(C)(C)C)C3)nn1. The molecule has 2 atom stereocenters. The minimum Gasteiger partial charge on any atom is -0.295 e. The van der Waals surface area contributed by atoms with Crippen LogP contribution >= 0.6 is 0 Å². The van der Waals surface area contributed by atoms with Crippen LogP contribution in [0.4, 0.5) is 0 Å². The van der Waals surface area contributed by atoms with Gasteiger partial charge in [0.2, 0.25) is 0 Å². The highest BCUT2D eigenvalue weighted by atomic mass is 15.4. The Kier molecular flexibility index (Phi) is 3.10. The van der Waals surface area contributed by atoms with Crippen LogP contribution in [-0.2, 0) is 6.54 Å². The summed E-state index contributed by atoms with van der Waals surface area (Å²) in [6.45, 7) is 12.3. The van der Waals surface area contributed by atoms with Gasteiger partial charge in [-0.25, -0.2) is 0 Å². The van der Waals surface area contributed by atoms with Crippen molar-refractivity contribution in [3.05, 3.63) is 23.5 Å². The quantitative estimate of drug-likeness (QED) is 0.812. The Balaban J connectivity index is 1.63. The summed E-state index contributed by atoms with van der Waals surface area (Å²) >= 11 is 0. The van der Waals surface area contributed by atoms with Gasteiger partial charge in [-0.05, 0) is 46.2 Å². The Labute approximate surface area is 115 Å². The molecule has 2 aliphatic rings. The Hall–Kier alpha value is -1.00.